The first-order valence-corrected chi connectivity index (χ1v) is 8.43. The van der Waals surface area contributed by atoms with Gasteiger partial charge in [0.1, 0.15) is 12.4 Å². The topological polar surface area (TPSA) is 38.5 Å². The highest BCUT2D eigenvalue weighted by Gasteiger charge is 2.39. The second-order valence-corrected chi connectivity index (χ2v) is 6.66. The summed E-state index contributed by atoms with van der Waals surface area (Å²) >= 11 is 0. The van der Waals surface area contributed by atoms with Crippen LogP contribution in [0.5, 0.6) is 5.75 Å². The van der Waals surface area contributed by atoms with Gasteiger partial charge in [-0.05, 0) is 37.7 Å². The summed E-state index contributed by atoms with van der Waals surface area (Å²) in [6, 6.07) is 8.44. The van der Waals surface area contributed by atoms with Crippen LogP contribution in [0.2, 0.25) is 0 Å². The fraction of sp³-hybridized carbons (Fsp3) is 0.667. The molecule has 1 aliphatic heterocycles. The van der Waals surface area contributed by atoms with E-state index in [1.165, 1.54) is 37.7 Å². The van der Waals surface area contributed by atoms with Crippen molar-refractivity contribution in [1.29, 1.82) is 0 Å². The average molecular weight is 288 g/mol. The van der Waals surface area contributed by atoms with Crippen LogP contribution in [0.4, 0.5) is 0 Å². The number of hydrogen-bond donors (Lipinski definition) is 1. The Labute approximate surface area is 128 Å². The minimum Gasteiger partial charge on any atom is -0.492 e. The van der Waals surface area contributed by atoms with Crippen LogP contribution in [0.25, 0.3) is 0 Å². The largest absolute Gasteiger partial charge is 0.492 e. The molecule has 0 unspecified atom stereocenters. The highest BCUT2D eigenvalue weighted by Crippen LogP contribution is 2.39. The van der Waals surface area contributed by atoms with Crippen molar-refractivity contribution in [3.63, 3.8) is 0 Å². The lowest BCUT2D eigenvalue weighted by molar-refractivity contribution is 0.0313. The van der Waals surface area contributed by atoms with E-state index in [1.54, 1.807) is 0 Å². The molecule has 1 aromatic rings. The lowest BCUT2D eigenvalue weighted by Crippen LogP contribution is -2.56. The third-order valence-corrected chi connectivity index (χ3v) is 5.62. The van der Waals surface area contributed by atoms with Gasteiger partial charge in [-0.1, -0.05) is 31.5 Å². The molecule has 0 saturated heterocycles. The fourth-order valence-corrected chi connectivity index (χ4v) is 4.00. The van der Waals surface area contributed by atoms with E-state index in [-0.39, 0.29) is 5.54 Å². The zero-order chi connectivity index (χ0) is 14.7. The molecular weight excluding hydrogens is 260 g/mol. The van der Waals surface area contributed by atoms with E-state index in [4.69, 9.17) is 10.5 Å². The van der Waals surface area contributed by atoms with Gasteiger partial charge >= 0.3 is 0 Å². The van der Waals surface area contributed by atoms with Crippen LogP contribution in [-0.4, -0.2) is 30.1 Å². The van der Waals surface area contributed by atoms with E-state index in [1.807, 2.05) is 0 Å². The van der Waals surface area contributed by atoms with Gasteiger partial charge in [0, 0.05) is 30.7 Å². The van der Waals surface area contributed by atoms with Crippen molar-refractivity contribution in [2.75, 3.05) is 19.7 Å². The predicted octanol–water partition coefficient (Wildman–Crippen LogP) is 3.18. The quantitative estimate of drug-likeness (QED) is 0.928. The first-order valence-electron chi connectivity index (χ1n) is 8.43. The normalized spacial score (nSPS) is 30.3. The molecule has 0 atom stereocenters. The van der Waals surface area contributed by atoms with E-state index >= 15 is 0 Å². The predicted molar refractivity (Wildman–Crippen MR) is 86.4 cm³/mol. The second-order valence-electron chi connectivity index (χ2n) is 6.66. The monoisotopic (exact) mass is 288 g/mol. The molecular formula is C18H28N2O. The zero-order valence-electron chi connectivity index (χ0n) is 13.2. The van der Waals surface area contributed by atoms with Gasteiger partial charge < -0.3 is 10.5 Å². The number of ether oxygens (including phenoxy) is 1. The lowest BCUT2D eigenvalue weighted by atomic mass is 9.74. The molecule has 0 spiro atoms. The maximum Gasteiger partial charge on any atom is 0.123 e. The van der Waals surface area contributed by atoms with Crippen LogP contribution in [-0.2, 0) is 6.54 Å². The lowest BCUT2D eigenvalue weighted by Gasteiger charge is -2.47. The summed E-state index contributed by atoms with van der Waals surface area (Å²) in [5.74, 6) is 1.95. The Balaban J connectivity index is 1.78. The minimum atomic E-state index is 0.187. The van der Waals surface area contributed by atoms with Crippen LogP contribution >= 0.6 is 0 Å². The molecule has 2 aliphatic rings. The third-order valence-electron chi connectivity index (χ3n) is 5.62. The molecule has 116 valence electrons. The maximum atomic E-state index is 6.24. The smallest absolute Gasteiger partial charge is 0.123 e. The van der Waals surface area contributed by atoms with Crippen molar-refractivity contribution >= 4 is 0 Å². The van der Waals surface area contributed by atoms with Gasteiger partial charge in [-0.2, -0.15) is 0 Å². The molecule has 0 bridgehead atoms. The highest BCUT2D eigenvalue weighted by molar-refractivity contribution is 5.34. The van der Waals surface area contributed by atoms with Crippen LogP contribution in [0, 0.1) is 5.92 Å². The van der Waals surface area contributed by atoms with Gasteiger partial charge in [0.05, 0.1) is 0 Å². The van der Waals surface area contributed by atoms with Gasteiger partial charge in [-0.15, -0.1) is 0 Å². The summed E-state index contributed by atoms with van der Waals surface area (Å²) < 4.78 is 5.92. The van der Waals surface area contributed by atoms with E-state index in [2.05, 4.69) is 36.1 Å². The van der Waals surface area contributed by atoms with Crippen molar-refractivity contribution in [3.05, 3.63) is 29.8 Å². The Bertz CT molecular complexity index is 466. The van der Waals surface area contributed by atoms with Gasteiger partial charge in [0.25, 0.3) is 0 Å². The van der Waals surface area contributed by atoms with Gasteiger partial charge in [0.15, 0.2) is 0 Å². The summed E-state index contributed by atoms with van der Waals surface area (Å²) in [6.07, 6.45) is 6.44. The van der Waals surface area contributed by atoms with E-state index in [9.17, 15) is 0 Å². The number of rotatable bonds is 3. The van der Waals surface area contributed by atoms with Gasteiger partial charge in [0.2, 0.25) is 0 Å². The first kappa shape index (κ1) is 14.9. The highest BCUT2D eigenvalue weighted by atomic mass is 16.5. The summed E-state index contributed by atoms with van der Waals surface area (Å²) in [4.78, 5) is 2.60. The molecule has 3 heteroatoms. The Morgan fingerprint density at radius 2 is 2.05 bits per heavy atom. The van der Waals surface area contributed by atoms with Crippen LogP contribution in [0.3, 0.4) is 0 Å². The molecule has 2 N–H and O–H groups in total. The number of nitrogens with two attached hydrogens (primary N) is 1. The molecule has 0 amide bonds. The number of nitrogens with zero attached hydrogens (tertiary/aromatic N) is 1. The van der Waals surface area contributed by atoms with Gasteiger partial charge in [-0.25, -0.2) is 0 Å². The average Bonchev–Trinajstić information content (AvgIpc) is 2.77. The fourth-order valence-electron chi connectivity index (χ4n) is 4.00. The number of benzene rings is 1. The molecule has 1 fully saturated rings. The number of para-hydroxylation sites is 1. The van der Waals surface area contributed by atoms with Crippen molar-refractivity contribution in [2.24, 2.45) is 11.7 Å². The Hall–Kier alpha value is -1.06. The molecule has 3 rings (SSSR count). The van der Waals surface area contributed by atoms with Crippen LogP contribution in [0.1, 0.15) is 44.6 Å². The van der Waals surface area contributed by atoms with Crippen molar-refractivity contribution in [3.8, 4) is 5.75 Å². The Morgan fingerprint density at radius 3 is 2.76 bits per heavy atom. The molecule has 1 aromatic carbocycles. The summed E-state index contributed by atoms with van der Waals surface area (Å²) in [6.45, 7) is 5.82. The number of hydrogen-bond acceptors (Lipinski definition) is 3. The maximum absolute atomic E-state index is 6.24. The molecule has 3 nitrogen and oxygen atoms in total. The van der Waals surface area contributed by atoms with E-state index in [0.29, 0.717) is 0 Å². The van der Waals surface area contributed by atoms with Crippen LogP contribution in [0.15, 0.2) is 24.3 Å². The Morgan fingerprint density at radius 1 is 1.29 bits per heavy atom. The van der Waals surface area contributed by atoms with Crippen molar-refractivity contribution < 1.29 is 4.74 Å². The first-order chi connectivity index (χ1) is 10.3. The second kappa shape index (κ2) is 6.37. The third kappa shape index (κ3) is 2.95. The molecule has 1 heterocycles. The van der Waals surface area contributed by atoms with Crippen LogP contribution < -0.4 is 10.5 Å². The molecule has 0 radical (unpaired) electrons. The SMILES string of the molecule is CCC1CCC(CN)(N2CCOc3ccccc3C2)CC1. The number of fused-ring (bicyclic) bond motifs is 1. The molecule has 1 saturated carbocycles. The molecule has 0 aromatic heterocycles. The molecule has 1 aliphatic carbocycles. The standard InChI is InChI=1S/C18H28N2O/c1-2-15-7-9-18(14-19,10-8-15)20-11-12-21-17-6-4-3-5-16(17)13-20/h3-6,15H,2,7-14,19H2,1H3. The molecule has 21 heavy (non-hydrogen) atoms. The van der Waals surface area contributed by atoms with Gasteiger partial charge in [-0.3, -0.25) is 4.90 Å². The van der Waals surface area contributed by atoms with Crippen molar-refractivity contribution in [2.45, 2.75) is 51.1 Å². The summed E-state index contributed by atoms with van der Waals surface area (Å²) in [5, 5.41) is 0. The van der Waals surface area contributed by atoms with E-state index < -0.39 is 0 Å². The van der Waals surface area contributed by atoms with Crippen molar-refractivity contribution in [1.82, 2.24) is 4.90 Å². The Kier molecular flexibility index (Phi) is 4.51. The van der Waals surface area contributed by atoms with E-state index in [0.717, 1.165) is 37.9 Å². The minimum absolute atomic E-state index is 0.187. The zero-order valence-corrected chi connectivity index (χ0v) is 13.2. The summed E-state index contributed by atoms with van der Waals surface area (Å²) in [7, 11) is 0. The summed E-state index contributed by atoms with van der Waals surface area (Å²) in [5.41, 5.74) is 7.74.